The second kappa shape index (κ2) is 8.53. The first-order valence-electron chi connectivity index (χ1n) is 9.94. The molecule has 2 rings (SSSR count). The molecule has 2 heterocycles. The van der Waals surface area contributed by atoms with Crippen molar-refractivity contribution in [2.75, 3.05) is 45.9 Å². The summed E-state index contributed by atoms with van der Waals surface area (Å²) in [6.07, 6.45) is 14.5. The zero-order chi connectivity index (χ0) is 15.0. The first-order valence-corrected chi connectivity index (χ1v) is 9.94. The summed E-state index contributed by atoms with van der Waals surface area (Å²) in [5.74, 6) is 0. The Morgan fingerprint density at radius 2 is 0.952 bits per heavy atom. The van der Waals surface area contributed by atoms with E-state index in [1.807, 2.05) is 0 Å². The van der Waals surface area contributed by atoms with Crippen LogP contribution in [0, 0.1) is 0 Å². The molecule has 0 spiro atoms. The van der Waals surface area contributed by atoms with Gasteiger partial charge in [-0.25, -0.2) is 0 Å². The fourth-order valence-electron chi connectivity index (χ4n) is 4.86. The summed E-state index contributed by atoms with van der Waals surface area (Å²) in [6, 6.07) is 0. The minimum Gasteiger partial charge on any atom is -0.277 e. The molecule has 0 atom stereocenters. The van der Waals surface area contributed by atoms with E-state index in [4.69, 9.17) is 0 Å². The highest BCUT2D eigenvalue weighted by atomic mass is 15.5. The van der Waals surface area contributed by atoms with Gasteiger partial charge in [0.05, 0.1) is 39.3 Å². The minimum absolute atomic E-state index is 1.37. The molecule has 0 bridgehead atoms. The van der Waals surface area contributed by atoms with Crippen LogP contribution in [0.1, 0.15) is 78.1 Å². The predicted molar refractivity (Wildman–Crippen MR) is 92.1 cm³/mol. The van der Waals surface area contributed by atoms with Crippen LogP contribution in [0.5, 0.6) is 0 Å². The molecule has 0 unspecified atom stereocenters. The van der Waals surface area contributed by atoms with Crippen LogP contribution in [0.25, 0.3) is 0 Å². The van der Waals surface area contributed by atoms with E-state index in [0.29, 0.717) is 0 Å². The maximum Gasteiger partial charge on any atom is 0.207 e. The van der Waals surface area contributed by atoms with Crippen molar-refractivity contribution in [1.82, 2.24) is 0 Å². The Morgan fingerprint density at radius 1 is 0.571 bits per heavy atom. The second-order valence-electron chi connectivity index (χ2n) is 7.99. The smallest absolute Gasteiger partial charge is 0.207 e. The highest BCUT2D eigenvalue weighted by Crippen LogP contribution is 2.28. The summed E-state index contributed by atoms with van der Waals surface area (Å²) in [6.45, 7) is 15.0. The van der Waals surface area contributed by atoms with E-state index in [1.165, 1.54) is 119 Å². The largest absolute Gasteiger partial charge is 0.277 e. The maximum absolute atomic E-state index is 2.36. The molecule has 2 aliphatic rings. The Hall–Kier alpha value is -0.0800. The SMILES string of the molecule is CCCC[N+]1(C[N+]2(CCCC)CCCCC2)CCCCC1. The minimum atomic E-state index is 1.37. The van der Waals surface area contributed by atoms with Gasteiger partial charge in [0.1, 0.15) is 0 Å². The Morgan fingerprint density at radius 3 is 1.29 bits per heavy atom. The van der Waals surface area contributed by atoms with Crippen molar-refractivity contribution in [1.29, 1.82) is 0 Å². The number of hydrogen-bond acceptors (Lipinski definition) is 0. The van der Waals surface area contributed by atoms with Crippen molar-refractivity contribution in [2.45, 2.75) is 78.1 Å². The van der Waals surface area contributed by atoms with Crippen LogP contribution in [0.2, 0.25) is 0 Å². The Balaban J connectivity index is 2.06. The van der Waals surface area contributed by atoms with Crippen LogP contribution in [0.4, 0.5) is 0 Å². The van der Waals surface area contributed by atoms with Crippen molar-refractivity contribution in [3.63, 3.8) is 0 Å². The van der Waals surface area contributed by atoms with Gasteiger partial charge in [-0.1, -0.05) is 26.7 Å². The lowest BCUT2D eigenvalue weighted by Gasteiger charge is -2.50. The molecule has 2 nitrogen and oxygen atoms in total. The molecule has 0 saturated carbocycles. The van der Waals surface area contributed by atoms with Crippen molar-refractivity contribution in [3.05, 3.63) is 0 Å². The lowest BCUT2D eigenvalue weighted by Crippen LogP contribution is -2.66. The molecule has 0 N–H and O–H groups in total. The number of rotatable bonds is 8. The Kier molecular flexibility index (Phi) is 7.01. The molecule has 0 aliphatic carbocycles. The highest BCUT2D eigenvalue weighted by molar-refractivity contribution is 4.57. The number of unbranched alkanes of at least 4 members (excludes halogenated alkanes) is 2. The third-order valence-corrected chi connectivity index (χ3v) is 6.10. The molecule has 0 aromatic heterocycles. The highest BCUT2D eigenvalue weighted by Gasteiger charge is 2.40. The standard InChI is InChI=1S/C19H40N2/c1-3-5-13-20(15-9-7-10-16-20)19-21(14-6-4-2)17-11-8-12-18-21/h3-19H2,1-2H3/q+2. The number of quaternary nitrogens is 2. The van der Waals surface area contributed by atoms with Gasteiger partial charge in [-0.15, -0.1) is 0 Å². The van der Waals surface area contributed by atoms with Crippen LogP contribution in [0.3, 0.4) is 0 Å². The fraction of sp³-hybridized carbons (Fsp3) is 1.00. The van der Waals surface area contributed by atoms with Crippen molar-refractivity contribution < 1.29 is 8.97 Å². The molecule has 124 valence electrons. The van der Waals surface area contributed by atoms with Crippen LogP contribution in [-0.2, 0) is 0 Å². The number of hydrogen-bond donors (Lipinski definition) is 0. The van der Waals surface area contributed by atoms with Crippen molar-refractivity contribution in [3.8, 4) is 0 Å². The maximum atomic E-state index is 2.36. The molecule has 21 heavy (non-hydrogen) atoms. The van der Waals surface area contributed by atoms with E-state index in [2.05, 4.69) is 13.8 Å². The monoisotopic (exact) mass is 296 g/mol. The van der Waals surface area contributed by atoms with Gasteiger partial charge >= 0.3 is 0 Å². The van der Waals surface area contributed by atoms with E-state index in [1.54, 1.807) is 0 Å². The van der Waals surface area contributed by atoms with Gasteiger partial charge in [0.25, 0.3) is 0 Å². The molecule has 2 saturated heterocycles. The molecule has 2 fully saturated rings. The summed E-state index contributed by atoms with van der Waals surface area (Å²) < 4.78 is 2.94. The van der Waals surface area contributed by atoms with Gasteiger partial charge in [-0.2, -0.15) is 0 Å². The molecule has 0 radical (unpaired) electrons. The molecule has 0 amide bonds. The summed E-state index contributed by atoms with van der Waals surface area (Å²) in [5, 5.41) is 0. The zero-order valence-electron chi connectivity index (χ0n) is 14.9. The van der Waals surface area contributed by atoms with Crippen molar-refractivity contribution in [2.24, 2.45) is 0 Å². The number of likely N-dealkylation sites (tertiary alicyclic amines) is 2. The van der Waals surface area contributed by atoms with Gasteiger partial charge in [-0.3, -0.25) is 8.97 Å². The van der Waals surface area contributed by atoms with E-state index in [9.17, 15) is 0 Å². The number of piperidine rings is 2. The Labute approximate surface area is 133 Å². The number of nitrogens with zero attached hydrogens (tertiary/aromatic N) is 2. The van der Waals surface area contributed by atoms with Gasteiger partial charge in [0, 0.05) is 0 Å². The van der Waals surface area contributed by atoms with Crippen LogP contribution in [0.15, 0.2) is 0 Å². The fourth-order valence-corrected chi connectivity index (χ4v) is 4.86. The van der Waals surface area contributed by atoms with Crippen LogP contribution in [-0.4, -0.2) is 54.9 Å². The lowest BCUT2D eigenvalue weighted by atomic mass is 10.0. The summed E-state index contributed by atoms with van der Waals surface area (Å²) >= 11 is 0. The molecular formula is C19H40N2+2. The van der Waals surface area contributed by atoms with E-state index in [-0.39, 0.29) is 0 Å². The molecular weight excluding hydrogens is 256 g/mol. The summed E-state index contributed by atoms with van der Waals surface area (Å²) in [7, 11) is 0. The van der Waals surface area contributed by atoms with Crippen LogP contribution >= 0.6 is 0 Å². The average Bonchev–Trinajstić information content (AvgIpc) is 2.53. The zero-order valence-corrected chi connectivity index (χ0v) is 14.9. The predicted octanol–water partition coefficient (Wildman–Crippen LogP) is 4.55. The third-order valence-electron chi connectivity index (χ3n) is 6.10. The average molecular weight is 297 g/mol. The molecule has 0 aromatic rings. The molecule has 2 heteroatoms. The van der Waals surface area contributed by atoms with E-state index >= 15 is 0 Å². The van der Waals surface area contributed by atoms with Gasteiger partial charge in [0.2, 0.25) is 6.67 Å². The Bertz CT molecular complexity index is 247. The molecule has 2 aliphatic heterocycles. The quantitative estimate of drug-likeness (QED) is 0.577. The lowest BCUT2D eigenvalue weighted by molar-refractivity contribution is -1.10. The molecule has 0 aromatic carbocycles. The topological polar surface area (TPSA) is 0 Å². The van der Waals surface area contributed by atoms with Crippen molar-refractivity contribution >= 4 is 0 Å². The van der Waals surface area contributed by atoms with E-state index < -0.39 is 0 Å². The van der Waals surface area contributed by atoms with Gasteiger partial charge < -0.3 is 0 Å². The van der Waals surface area contributed by atoms with Crippen LogP contribution < -0.4 is 0 Å². The normalized spacial score (nSPS) is 24.9. The summed E-state index contributed by atoms with van der Waals surface area (Å²) in [4.78, 5) is 0. The third kappa shape index (κ3) is 4.96. The first kappa shape index (κ1) is 17.3. The second-order valence-corrected chi connectivity index (χ2v) is 7.99. The van der Waals surface area contributed by atoms with Gasteiger partial charge in [-0.05, 0) is 51.4 Å². The van der Waals surface area contributed by atoms with Gasteiger partial charge in [0.15, 0.2) is 0 Å². The van der Waals surface area contributed by atoms with E-state index in [0.717, 1.165) is 0 Å². The summed E-state index contributed by atoms with van der Waals surface area (Å²) in [5.41, 5.74) is 0. The first-order chi connectivity index (χ1) is 10.2.